The van der Waals surface area contributed by atoms with Gasteiger partial charge in [0.1, 0.15) is 0 Å². The predicted molar refractivity (Wildman–Crippen MR) is 65.8 cm³/mol. The minimum Gasteiger partial charge on any atom is -0.313 e. The van der Waals surface area contributed by atoms with E-state index in [9.17, 15) is 0 Å². The number of halogens is 2. The largest absolute Gasteiger partial charge is 0.313 e. The van der Waals surface area contributed by atoms with Crippen LogP contribution in [-0.2, 0) is 0 Å². The first-order valence-corrected chi connectivity index (χ1v) is 5.59. The summed E-state index contributed by atoms with van der Waals surface area (Å²) < 4.78 is 1.03. The van der Waals surface area contributed by atoms with Crippen LogP contribution in [0.3, 0.4) is 0 Å². The molecule has 1 rings (SSSR count). The fourth-order valence-electron chi connectivity index (χ4n) is 1.35. The van der Waals surface area contributed by atoms with E-state index in [-0.39, 0.29) is 0 Å². The molecular weight excluding hydrogens is 261 g/mol. The van der Waals surface area contributed by atoms with Crippen LogP contribution in [0.4, 0.5) is 0 Å². The molecule has 14 heavy (non-hydrogen) atoms. The lowest BCUT2D eigenvalue weighted by molar-refractivity contribution is 0.601. The maximum absolute atomic E-state index is 5.87. The van der Waals surface area contributed by atoms with Gasteiger partial charge in [0, 0.05) is 15.5 Å². The SMILES string of the molecule is C=CCC(NC)c1ccc(Cl)cc1Br. The Kier molecular flexibility index (Phi) is 4.66. The normalized spacial score (nSPS) is 12.5. The van der Waals surface area contributed by atoms with Gasteiger partial charge in [-0.3, -0.25) is 0 Å². The molecule has 1 aromatic carbocycles. The van der Waals surface area contributed by atoms with Crippen LogP contribution < -0.4 is 5.32 Å². The lowest BCUT2D eigenvalue weighted by Gasteiger charge is -2.16. The molecule has 3 heteroatoms. The number of hydrogen-bond acceptors (Lipinski definition) is 1. The molecule has 1 N–H and O–H groups in total. The van der Waals surface area contributed by atoms with Crippen molar-refractivity contribution in [1.29, 1.82) is 0 Å². The monoisotopic (exact) mass is 273 g/mol. The molecule has 76 valence electrons. The topological polar surface area (TPSA) is 12.0 Å². The smallest absolute Gasteiger partial charge is 0.0417 e. The first-order chi connectivity index (χ1) is 6.69. The number of nitrogens with one attached hydrogen (secondary N) is 1. The van der Waals surface area contributed by atoms with Gasteiger partial charge < -0.3 is 5.32 Å². The van der Waals surface area contributed by atoms with Crippen molar-refractivity contribution in [3.05, 3.63) is 45.9 Å². The van der Waals surface area contributed by atoms with Crippen molar-refractivity contribution in [2.45, 2.75) is 12.5 Å². The van der Waals surface area contributed by atoms with E-state index in [0.29, 0.717) is 6.04 Å². The molecule has 1 aromatic rings. The lowest BCUT2D eigenvalue weighted by atomic mass is 10.0. The molecule has 0 amide bonds. The number of rotatable bonds is 4. The zero-order chi connectivity index (χ0) is 10.6. The van der Waals surface area contributed by atoms with E-state index in [1.807, 2.05) is 31.3 Å². The van der Waals surface area contributed by atoms with E-state index in [1.165, 1.54) is 5.56 Å². The predicted octanol–water partition coefficient (Wildman–Crippen LogP) is 3.94. The van der Waals surface area contributed by atoms with Crippen molar-refractivity contribution < 1.29 is 0 Å². The number of benzene rings is 1. The third kappa shape index (κ3) is 2.84. The van der Waals surface area contributed by atoms with Crippen LogP contribution in [0.25, 0.3) is 0 Å². The summed E-state index contributed by atoms with van der Waals surface area (Å²) in [5.74, 6) is 0. The molecule has 0 aliphatic rings. The van der Waals surface area contributed by atoms with Crippen LogP contribution in [0, 0.1) is 0 Å². The van der Waals surface area contributed by atoms with Gasteiger partial charge in [-0.2, -0.15) is 0 Å². The molecule has 0 saturated heterocycles. The van der Waals surface area contributed by atoms with Crippen LogP contribution in [0.2, 0.25) is 5.02 Å². The zero-order valence-electron chi connectivity index (χ0n) is 8.06. The van der Waals surface area contributed by atoms with E-state index in [1.54, 1.807) is 0 Å². The van der Waals surface area contributed by atoms with Crippen molar-refractivity contribution in [1.82, 2.24) is 5.32 Å². The molecule has 0 fully saturated rings. The standard InChI is InChI=1S/C11H13BrClN/c1-3-4-11(14-2)9-6-5-8(13)7-10(9)12/h3,5-7,11,14H,1,4H2,2H3. The van der Waals surface area contributed by atoms with Crippen LogP contribution in [0.1, 0.15) is 18.0 Å². The second kappa shape index (κ2) is 5.54. The summed E-state index contributed by atoms with van der Waals surface area (Å²) >= 11 is 9.37. The maximum Gasteiger partial charge on any atom is 0.0417 e. The van der Waals surface area contributed by atoms with Gasteiger partial charge in [-0.05, 0) is 31.2 Å². The second-order valence-electron chi connectivity index (χ2n) is 3.03. The van der Waals surface area contributed by atoms with Gasteiger partial charge in [-0.1, -0.05) is 39.7 Å². The highest BCUT2D eigenvalue weighted by atomic mass is 79.9. The summed E-state index contributed by atoms with van der Waals surface area (Å²) in [7, 11) is 1.94. The van der Waals surface area contributed by atoms with E-state index >= 15 is 0 Å². The van der Waals surface area contributed by atoms with Gasteiger partial charge in [0.05, 0.1) is 0 Å². The van der Waals surface area contributed by atoms with E-state index in [0.717, 1.165) is 15.9 Å². The third-order valence-corrected chi connectivity index (χ3v) is 3.01. The van der Waals surface area contributed by atoms with Crippen LogP contribution in [0.15, 0.2) is 35.3 Å². The van der Waals surface area contributed by atoms with Crippen molar-refractivity contribution >= 4 is 27.5 Å². The summed E-state index contributed by atoms with van der Waals surface area (Å²) in [6, 6.07) is 6.12. The van der Waals surface area contributed by atoms with Crippen molar-refractivity contribution in [3.8, 4) is 0 Å². The van der Waals surface area contributed by atoms with Crippen molar-refractivity contribution in [2.24, 2.45) is 0 Å². The summed E-state index contributed by atoms with van der Waals surface area (Å²) in [5, 5.41) is 3.98. The Labute approximate surface area is 98.3 Å². The first-order valence-electron chi connectivity index (χ1n) is 4.42. The molecule has 1 unspecified atom stereocenters. The molecular formula is C11H13BrClN. The van der Waals surface area contributed by atoms with Gasteiger partial charge in [0.15, 0.2) is 0 Å². The average Bonchev–Trinajstić information content (AvgIpc) is 2.15. The van der Waals surface area contributed by atoms with Gasteiger partial charge in [-0.25, -0.2) is 0 Å². The Hall–Kier alpha value is -0.310. The van der Waals surface area contributed by atoms with Crippen molar-refractivity contribution in [3.63, 3.8) is 0 Å². The summed E-state index contributed by atoms with van der Waals surface area (Å²) in [6.45, 7) is 3.74. The molecule has 0 saturated carbocycles. The van der Waals surface area contributed by atoms with Gasteiger partial charge >= 0.3 is 0 Å². The van der Waals surface area contributed by atoms with Crippen LogP contribution in [0.5, 0.6) is 0 Å². The Balaban J connectivity index is 2.97. The average molecular weight is 275 g/mol. The summed E-state index contributed by atoms with van der Waals surface area (Å²) in [6.07, 6.45) is 2.80. The molecule has 1 atom stereocenters. The minimum atomic E-state index is 0.291. The fourth-order valence-corrected chi connectivity index (χ4v) is 2.31. The van der Waals surface area contributed by atoms with E-state index in [4.69, 9.17) is 11.6 Å². The molecule has 0 radical (unpaired) electrons. The highest BCUT2D eigenvalue weighted by Gasteiger charge is 2.10. The first kappa shape index (κ1) is 11.8. The summed E-state index contributed by atoms with van der Waals surface area (Å²) in [4.78, 5) is 0. The molecule has 0 aromatic heterocycles. The Morgan fingerprint density at radius 2 is 2.36 bits per heavy atom. The summed E-state index contributed by atoms with van der Waals surface area (Å²) in [5.41, 5.74) is 1.21. The van der Waals surface area contributed by atoms with Gasteiger partial charge in [-0.15, -0.1) is 6.58 Å². The second-order valence-corrected chi connectivity index (χ2v) is 4.32. The fraction of sp³-hybridized carbons (Fsp3) is 0.273. The van der Waals surface area contributed by atoms with E-state index < -0.39 is 0 Å². The molecule has 0 heterocycles. The van der Waals surface area contributed by atoms with Gasteiger partial charge in [0.2, 0.25) is 0 Å². The highest BCUT2D eigenvalue weighted by Crippen LogP contribution is 2.28. The molecule has 0 aliphatic carbocycles. The Morgan fingerprint density at radius 3 is 2.86 bits per heavy atom. The maximum atomic E-state index is 5.87. The highest BCUT2D eigenvalue weighted by molar-refractivity contribution is 9.10. The van der Waals surface area contributed by atoms with Crippen molar-refractivity contribution in [2.75, 3.05) is 7.05 Å². The number of hydrogen-bond donors (Lipinski definition) is 1. The molecule has 0 spiro atoms. The van der Waals surface area contributed by atoms with Gasteiger partial charge in [0.25, 0.3) is 0 Å². The van der Waals surface area contributed by atoms with E-state index in [2.05, 4.69) is 27.8 Å². The quantitative estimate of drug-likeness (QED) is 0.820. The molecule has 1 nitrogen and oxygen atoms in total. The van der Waals surface area contributed by atoms with Crippen LogP contribution in [-0.4, -0.2) is 7.05 Å². The Morgan fingerprint density at radius 1 is 1.64 bits per heavy atom. The minimum absolute atomic E-state index is 0.291. The zero-order valence-corrected chi connectivity index (χ0v) is 10.4. The third-order valence-electron chi connectivity index (χ3n) is 2.09. The molecule has 0 bridgehead atoms. The molecule has 0 aliphatic heterocycles. The lowest BCUT2D eigenvalue weighted by Crippen LogP contribution is -2.15. The Bertz CT molecular complexity index is 325. The van der Waals surface area contributed by atoms with Crippen LogP contribution >= 0.6 is 27.5 Å².